The summed E-state index contributed by atoms with van der Waals surface area (Å²) in [5.41, 5.74) is 9.31. The van der Waals surface area contributed by atoms with Crippen molar-refractivity contribution < 1.29 is 14.3 Å². The van der Waals surface area contributed by atoms with E-state index in [1.165, 1.54) is 0 Å². The van der Waals surface area contributed by atoms with Crippen molar-refractivity contribution in [2.24, 2.45) is 10.8 Å². The molecule has 0 atom stereocenters. The van der Waals surface area contributed by atoms with Gasteiger partial charge in [-0.3, -0.25) is 4.57 Å². The average Bonchev–Trinajstić information content (AvgIpc) is 1.26. The molecule has 0 amide bonds. The summed E-state index contributed by atoms with van der Waals surface area (Å²) in [5, 5.41) is 2.06. The molecular weight excluding hydrogens is 913 g/mol. The Morgan fingerprint density at radius 3 is 1.95 bits per heavy atom. The molecule has 75 heavy (non-hydrogen) atoms. The molecule has 5 nitrogen and oxygen atoms in total. The van der Waals surface area contributed by atoms with Gasteiger partial charge < -0.3 is 14.5 Å². The fourth-order valence-electron chi connectivity index (χ4n) is 11.2. The highest BCUT2D eigenvalue weighted by Gasteiger charge is 2.38. The van der Waals surface area contributed by atoms with Crippen molar-refractivity contribution in [3.63, 3.8) is 0 Å². The van der Waals surface area contributed by atoms with Gasteiger partial charge in [-0.05, 0) is 146 Å². The highest BCUT2D eigenvalue weighted by molar-refractivity contribution is 6.09. The SMILES string of the molecule is [2H]c1c([2H])c2c(c([2H])c1-c1cccc(-c3cc(C(C)(C)C)cc(C([2H])([2H])C(C)(C)C)c3)c1N1CN(c3cccc(Oc4ccc5c6ccccc6n(-c6cc(C([2H])([2H])C(C)(C)C)ccn6)c5c4)c3)c3ccccc31)C(C)(C)CCC2(C)C. The Morgan fingerprint density at radius 2 is 1.21 bits per heavy atom. The van der Waals surface area contributed by atoms with Gasteiger partial charge in [-0.2, -0.15) is 0 Å². The van der Waals surface area contributed by atoms with Crippen LogP contribution in [0.1, 0.15) is 140 Å². The molecule has 0 N–H and O–H groups in total. The molecule has 3 heterocycles. The first-order valence-corrected chi connectivity index (χ1v) is 26.7. The number of anilines is 4. The zero-order valence-electron chi connectivity index (χ0n) is 53.2. The van der Waals surface area contributed by atoms with Crippen LogP contribution < -0.4 is 14.5 Å². The van der Waals surface area contributed by atoms with Gasteiger partial charge in [-0.15, -0.1) is 0 Å². The minimum Gasteiger partial charge on any atom is -0.457 e. The van der Waals surface area contributed by atoms with Crippen LogP contribution in [0.4, 0.5) is 22.7 Å². The Kier molecular flexibility index (Phi) is 10.3. The van der Waals surface area contributed by atoms with Crippen LogP contribution in [-0.4, -0.2) is 16.2 Å². The largest absolute Gasteiger partial charge is 0.457 e. The molecule has 2 aliphatic rings. The smallest absolute Gasteiger partial charge is 0.137 e. The Labute approximate surface area is 457 Å². The summed E-state index contributed by atoms with van der Waals surface area (Å²) in [6, 6.07) is 47.0. The molecule has 0 radical (unpaired) electrons. The predicted octanol–water partition coefficient (Wildman–Crippen LogP) is 19.4. The third-order valence-electron chi connectivity index (χ3n) is 15.0. The fraction of sp³-hybridized carbons (Fsp3) is 0.329. The molecule has 7 aromatic carbocycles. The van der Waals surface area contributed by atoms with Gasteiger partial charge in [0.2, 0.25) is 0 Å². The first-order valence-electron chi connectivity index (χ1n) is 30.2. The number of rotatable bonds is 9. The number of fused-ring (bicyclic) bond motifs is 5. The molecule has 1 aliphatic heterocycles. The van der Waals surface area contributed by atoms with E-state index in [9.17, 15) is 6.85 Å². The van der Waals surface area contributed by atoms with Crippen LogP contribution in [0.15, 0.2) is 164 Å². The minimum atomic E-state index is -1.71. The van der Waals surface area contributed by atoms with E-state index >= 15 is 0 Å². The summed E-state index contributed by atoms with van der Waals surface area (Å²) in [6.45, 7) is 27.0. The van der Waals surface area contributed by atoms with Gasteiger partial charge in [-0.1, -0.05) is 181 Å². The van der Waals surface area contributed by atoms with Gasteiger partial charge in [0.25, 0.3) is 0 Å². The van der Waals surface area contributed by atoms with Crippen LogP contribution in [0.5, 0.6) is 11.5 Å². The molecule has 9 aromatic rings. The summed E-state index contributed by atoms with van der Waals surface area (Å²) in [5.74, 6) is 1.85. The quantitative estimate of drug-likeness (QED) is 0.144. The molecule has 382 valence electrons. The van der Waals surface area contributed by atoms with Crippen molar-refractivity contribution in [1.82, 2.24) is 9.55 Å². The molecule has 0 unspecified atom stereocenters. The highest BCUT2D eigenvalue weighted by atomic mass is 16.5. The van der Waals surface area contributed by atoms with E-state index in [-0.39, 0.29) is 29.0 Å². The van der Waals surface area contributed by atoms with E-state index < -0.39 is 29.0 Å². The summed E-state index contributed by atoms with van der Waals surface area (Å²) in [4.78, 5) is 9.35. The van der Waals surface area contributed by atoms with Crippen molar-refractivity contribution >= 4 is 44.6 Å². The first-order chi connectivity index (χ1) is 38.3. The second-order valence-electron chi connectivity index (χ2n) is 25.3. The summed E-state index contributed by atoms with van der Waals surface area (Å²) >= 11 is 0. The van der Waals surface area contributed by atoms with Crippen molar-refractivity contribution in [3.05, 3.63) is 192 Å². The summed E-state index contributed by atoms with van der Waals surface area (Å²) in [7, 11) is 0. The molecule has 2 aromatic heterocycles. The van der Waals surface area contributed by atoms with Crippen molar-refractivity contribution in [2.75, 3.05) is 16.5 Å². The van der Waals surface area contributed by atoms with E-state index in [1.807, 2.05) is 126 Å². The Balaban J connectivity index is 1.06. The van der Waals surface area contributed by atoms with Gasteiger partial charge in [0.05, 0.1) is 32.2 Å². The summed E-state index contributed by atoms with van der Waals surface area (Å²) < 4.78 is 76.4. The number of hydrogen-bond acceptors (Lipinski definition) is 4. The van der Waals surface area contributed by atoms with E-state index in [0.29, 0.717) is 46.2 Å². The number of nitrogens with zero attached hydrogens (tertiary/aromatic N) is 4. The number of para-hydroxylation sites is 4. The molecule has 0 fully saturated rings. The number of pyridine rings is 1. The number of benzene rings is 7. The van der Waals surface area contributed by atoms with Gasteiger partial charge in [0.15, 0.2) is 0 Å². The van der Waals surface area contributed by atoms with Crippen LogP contribution in [-0.2, 0) is 29.0 Å². The van der Waals surface area contributed by atoms with E-state index in [2.05, 4.69) is 111 Å². The Morgan fingerprint density at radius 1 is 0.573 bits per heavy atom. The van der Waals surface area contributed by atoms with Gasteiger partial charge >= 0.3 is 0 Å². The molecule has 11 rings (SSSR count). The molecule has 0 saturated carbocycles. The van der Waals surface area contributed by atoms with Gasteiger partial charge in [0, 0.05) is 51.4 Å². The Hall–Kier alpha value is -7.11. The van der Waals surface area contributed by atoms with Crippen molar-refractivity contribution in [3.8, 4) is 39.6 Å². The van der Waals surface area contributed by atoms with E-state index in [4.69, 9.17) is 12.5 Å². The minimum absolute atomic E-state index is 0.0296. The second kappa shape index (κ2) is 18.3. The Bertz CT molecular complexity index is 4020. The van der Waals surface area contributed by atoms with Crippen molar-refractivity contribution in [2.45, 2.75) is 132 Å². The first kappa shape index (κ1) is 42.2. The number of hydrogen-bond donors (Lipinski definition) is 0. The zero-order valence-corrected chi connectivity index (χ0v) is 46.2. The van der Waals surface area contributed by atoms with E-state index in [1.54, 1.807) is 12.3 Å². The number of aromatic nitrogens is 2. The fourth-order valence-corrected chi connectivity index (χ4v) is 11.2. The third-order valence-corrected chi connectivity index (χ3v) is 15.0. The van der Waals surface area contributed by atoms with Gasteiger partial charge in [-0.25, -0.2) is 4.98 Å². The maximum atomic E-state index is 10.3. The molecule has 5 heteroatoms. The van der Waals surface area contributed by atoms with Crippen LogP contribution in [0, 0.1) is 10.8 Å². The zero-order chi connectivity index (χ0) is 59.0. The highest BCUT2D eigenvalue weighted by Crippen LogP contribution is 2.53. The summed E-state index contributed by atoms with van der Waals surface area (Å²) in [6.07, 6.45) is 0.0694. The van der Waals surface area contributed by atoms with Crippen LogP contribution in [0.3, 0.4) is 0 Å². The molecule has 1 aliphatic carbocycles. The van der Waals surface area contributed by atoms with Crippen molar-refractivity contribution in [1.29, 1.82) is 0 Å². The lowest BCUT2D eigenvalue weighted by atomic mass is 9.63. The van der Waals surface area contributed by atoms with Crippen LogP contribution in [0.2, 0.25) is 0 Å². The topological polar surface area (TPSA) is 33.5 Å². The monoisotopic (exact) mass is 996 g/mol. The van der Waals surface area contributed by atoms with Crippen LogP contribution >= 0.6 is 0 Å². The van der Waals surface area contributed by atoms with Crippen LogP contribution in [0.25, 0.3) is 49.9 Å². The lowest BCUT2D eigenvalue weighted by Gasteiger charge is -2.42. The normalized spacial score (nSPS) is 17.1. The maximum absolute atomic E-state index is 10.3. The lowest BCUT2D eigenvalue weighted by Crippen LogP contribution is -2.33. The molecule has 0 spiro atoms. The molecule has 0 bridgehead atoms. The lowest BCUT2D eigenvalue weighted by molar-refractivity contribution is 0.332. The predicted molar refractivity (Wildman–Crippen MR) is 318 cm³/mol. The number of ether oxygens (including phenoxy) is 1. The maximum Gasteiger partial charge on any atom is 0.137 e. The van der Waals surface area contributed by atoms with Gasteiger partial charge in [0.1, 0.15) is 24.0 Å². The second-order valence-corrected chi connectivity index (χ2v) is 25.3. The van der Waals surface area contributed by atoms with E-state index in [0.717, 1.165) is 85.2 Å². The average molecular weight is 996 g/mol. The molecular formula is C70H76N4O. The third kappa shape index (κ3) is 9.76. The standard InChI is InChI=1S/C70H76N4O/c1-66(2,3)43-46-32-35-71-64(38-46)74-60-25-15-14-22-56(60)57-30-29-53(42-63(57)74)75-52-21-18-20-51(41-52)72-45-73(62-27-17-16-26-61(62)72)65-54(48-28-31-58-59(40-48)70(12,13)34-33-69(58,10)11)23-19-24-55(65)49-36-47(44-67(4,5)6)37-50(39-49)68(7,8)9/h14-32,35-42H,33-34,43-45H2,1-13H3/i28D,31D,40D,43D2,44D2. The molecule has 0 saturated heterocycles.